The summed E-state index contributed by atoms with van der Waals surface area (Å²) < 4.78 is 10.2. The molecule has 24 heavy (non-hydrogen) atoms. The first kappa shape index (κ1) is 17.0. The van der Waals surface area contributed by atoms with Gasteiger partial charge in [-0.25, -0.2) is 0 Å². The Kier molecular flexibility index (Phi) is 5.18. The van der Waals surface area contributed by atoms with Gasteiger partial charge in [0.05, 0.1) is 12.5 Å². The van der Waals surface area contributed by atoms with Gasteiger partial charge in [-0.3, -0.25) is 9.59 Å². The van der Waals surface area contributed by atoms with E-state index in [1.54, 1.807) is 16.8 Å². The fourth-order valence-electron chi connectivity index (χ4n) is 3.22. The Hall–Kier alpha value is -1.89. The molecule has 0 aromatic carbocycles. The molecule has 7 heteroatoms. The molecule has 3 rings (SSSR count). The molecule has 1 atom stereocenters. The van der Waals surface area contributed by atoms with Crippen molar-refractivity contribution in [3.8, 4) is 0 Å². The second-order valence-electron chi connectivity index (χ2n) is 6.80. The van der Waals surface area contributed by atoms with E-state index in [0.29, 0.717) is 25.6 Å². The van der Waals surface area contributed by atoms with Gasteiger partial charge in [0, 0.05) is 39.2 Å². The Labute approximate surface area is 141 Å². The molecule has 2 amide bonds. The van der Waals surface area contributed by atoms with Gasteiger partial charge in [0.25, 0.3) is 0 Å². The molecule has 1 saturated carbocycles. The first-order valence-corrected chi connectivity index (χ1v) is 8.55. The van der Waals surface area contributed by atoms with Gasteiger partial charge >= 0.3 is 0 Å². The van der Waals surface area contributed by atoms with Gasteiger partial charge < -0.3 is 19.1 Å². The Bertz CT molecular complexity index is 596. The minimum atomic E-state index is -0.153. The van der Waals surface area contributed by atoms with Gasteiger partial charge in [-0.05, 0) is 25.7 Å². The highest BCUT2D eigenvalue weighted by atomic mass is 16.5. The van der Waals surface area contributed by atoms with Crippen LogP contribution in [0.1, 0.15) is 43.1 Å². The number of hydrogen-bond acceptors (Lipinski definition) is 5. The lowest BCUT2D eigenvalue weighted by Crippen LogP contribution is -2.46. The van der Waals surface area contributed by atoms with E-state index < -0.39 is 0 Å². The molecule has 7 nitrogen and oxygen atoms in total. The summed E-state index contributed by atoms with van der Waals surface area (Å²) in [5, 5.41) is 4.06. The number of carbonyl (C=O) groups excluding carboxylic acids is 2. The number of nitrogens with zero attached hydrogens (tertiary/aromatic N) is 3. The number of likely N-dealkylation sites (tertiary alicyclic amines) is 1. The van der Waals surface area contributed by atoms with Crippen LogP contribution in [0.3, 0.4) is 0 Å². The summed E-state index contributed by atoms with van der Waals surface area (Å²) in [6.07, 6.45) is 3.98. The summed E-state index contributed by atoms with van der Waals surface area (Å²) in [5.41, 5.74) is 0.788. The van der Waals surface area contributed by atoms with Crippen molar-refractivity contribution in [1.82, 2.24) is 15.0 Å². The van der Waals surface area contributed by atoms with E-state index in [2.05, 4.69) is 5.16 Å². The largest absolute Gasteiger partial charge is 0.375 e. The normalized spacial score (nSPS) is 20.9. The number of ether oxygens (including phenoxy) is 1. The summed E-state index contributed by atoms with van der Waals surface area (Å²) in [7, 11) is 3.29. The van der Waals surface area contributed by atoms with E-state index in [4.69, 9.17) is 9.26 Å². The summed E-state index contributed by atoms with van der Waals surface area (Å²) >= 11 is 0. The fraction of sp³-hybridized carbons (Fsp3) is 0.706. The first-order valence-electron chi connectivity index (χ1n) is 8.55. The molecule has 1 aromatic heterocycles. The molecule has 0 bridgehead atoms. The molecule has 0 N–H and O–H groups in total. The highest BCUT2D eigenvalue weighted by molar-refractivity contribution is 5.81. The van der Waals surface area contributed by atoms with Crippen molar-refractivity contribution >= 4 is 11.8 Å². The predicted molar refractivity (Wildman–Crippen MR) is 86.1 cm³/mol. The second-order valence-corrected chi connectivity index (χ2v) is 6.80. The number of piperidine rings is 1. The number of amides is 2. The smallest absolute Gasteiger partial charge is 0.248 e. The van der Waals surface area contributed by atoms with E-state index in [0.717, 1.165) is 37.1 Å². The van der Waals surface area contributed by atoms with Crippen LogP contribution in [0.4, 0.5) is 0 Å². The number of rotatable bonds is 6. The van der Waals surface area contributed by atoms with Crippen LogP contribution >= 0.6 is 0 Å². The first-order chi connectivity index (χ1) is 11.6. The van der Waals surface area contributed by atoms with Crippen LogP contribution in [0.15, 0.2) is 10.6 Å². The van der Waals surface area contributed by atoms with Gasteiger partial charge in [-0.1, -0.05) is 5.16 Å². The number of methoxy groups -OCH3 is 1. The van der Waals surface area contributed by atoms with Crippen molar-refractivity contribution in [3.05, 3.63) is 17.5 Å². The van der Waals surface area contributed by atoms with Crippen LogP contribution in [-0.2, 0) is 20.9 Å². The van der Waals surface area contributed by atoms with Crippen LogP contribution in [0.5, 0.6) is 0 Å². The standard InChI is InChI=1S/C17H25N3O4/c1-19(10-14-8-15(24-18-14)12-5-6-12)17(22)13-4-3-7-20(9-13)16(21)11-23-2/h8,12-13H,3-7,9-11H2,1-2H3/t13-/m1/s1. The zero-order valence-corrected chi connectivity index (χ0v) is 14.4. The minimum absolute atomic E-state index is 0.0526. The second kappa shape index (κ2) is 7.34. The molecule has 132 valence electrons. The third-order valence-electron chi connectivity index (χ3n) is 4.72. The average Bonchev–Trinajstić information content (AvgIpc) is 3.34. The van der Waals surface area contributed by atoms with Crippen LogP contribution in [-0.4, -0.2) is 60.6 Å². The molecule has 1 aromatic rings. The molecule has 1 aliphatic carbocycles. The highest BCUT2D eigenvalue weighted by Crippen LogP contribution is 2.40. The maximum Gasteiger partial charge on any atom is 0.248 e. The van der Waals surface area contributed by atoms with Crippen molar-refractivity contribution in [2.24, 2.45) is 5.92 Å². The van der Waals surface area contributed by atoms with Crippen molar-refractivity contribution in [2.45, 2.75) is 38.1 Å². The van der Waals surface area contributed by atoms with Crippen molar-refractivity contribution in [2.75, 3.05) is 33.9 Å². The molecule has 0 radical (unpaired) electrons. The van der Waals surface area contributed by atoms with Gasteiger partial charge in [0.1, 0.15) is 18.1 Å². The van der Waals surface area contributed by atoms with E-state index in [-0.39, 0.29) is 24.3 Å². The van der Waals surface area contributed by atoms with Gasteiger partial charge in [0.2, 0.25) is 11.8 Å². The quantitative estimate of drug-likeness (QED) is 0.785. The SMILES string of the molecule is COCC(=O)N1CCC[C@@H](C(=O)N(C)Cc2cc(C3CC3)on2)C1. The molecule has 0 unspecified atom stereocenters. The molecule has 1 aliphatic heterocycles. The van der Waals surface area contributed by atoms with Gasteiger partial charge in [-0.15, -0.1) is 0 Å². The van der Waals surface area contributed by atoms with Crippen LogP contribution in [0, 0.1) is 5.92 Å². The predicted octanol–water partition coefficient (Wildman–Crippen LogP) is 1.40. The maximum atomic E-state index is 12.7. The summed E-state index contributed by atoms with van der Waals surface area (Å²) in [6.45, 7) is 1.68. The van der Waals surface area contributed by atoms with Crippen molar-refractivity contribution < 1.29 is 18.8 Å². The van der Waals surface area contributed by atoms with Crippen LogP contribution < -0.4 is 0 Å². The van der Waals surface area contributed by atoms with E-state index in [1.807, 2.05) is 6.07 Å². The highest BCUT2D eigenvalue weighted by Gasteiger charge is 2.31. The molecular weight excluding hydrogens is 310 g/mol. The fourth-order valence-corrected chi connectivity index (χ4v) is 3.22. The lowest BCUT2D eigenvalue weighted by Gasteiger charge is -2.33. The van der Waals surface area contributed by atoms with Crippen LogP contribution in [0.25, 0.3) is 0 Å². The Balaban J connectivity index is 1.54. The lowest BCUT2D eigenvalue weighted by molar-refractivity contribution is -0.142. The van der Waals surface area contributed by atoms with Crippen LogP contribution in [0.2, 0.25) is 0 Å². The number of aromatic nitrogens is 1. The zero-order chi connectivity index (χ0) is 17.1. The number of carbonyl (C=O) groups is 2. The van der Waals surface area contributed by atoms with E-state index in [1.165, 1.54) is 7.11 Å². The van der Waals surface area contributed by atoms with Gasteiger partial charge in [-0.2, -0.15) is 0 Å². The Morgan fingerprint density at radius 2 is 2.21 bits per heavy atom. The Morgan fingerprint density at radius 1 is 1.42 bits per heavy atom. The molecule has 0 spiro atoms. The number of hydrogen-bond donors (Lipinski definition) is 0. The summed E-state index contributed by atoms with van der Waals surface area (Å²) in [6, 6.07) is 1.96. The Morgan fingerprint density at radius 3 is 2.92 bits per heavy atom. The molecule has 2 heterocycles. The van der Waals surface area contributed by atoms with E-state index >= 15 is 0 Å². The van der Waals surface area contributed by atoms with Crippen molar-refractivity contribution in [3.63, 3.8) is 0 Å². The zero-order valence-electron chi connectivity index (χ0n) is 14.4. The summed E-state index contributed by atoms with van der Waals surface area (Å²) in [5.74, 6) is 1.30. The lowest BCUT2D eigenvalue weighted by atomic mass is 9.96. The van der Waals surface area contributed by atoms with Gasteiger partial charge in [0.15, 0.2) is 0 Å². The molecular formula is C17H25N3O4. The summed E-state index contributed by atoms with van der Waals surface area (Å²) in [4.78, 5) is 28.0. The average molecular weight is 335 g/mol. The molecule has 1 saturated heterocycles. The third-order valence-corrected chi connectivity index (χ3v) is 4.72. The maximum absolute atomic E-state index is 12.7. The monoisotopic (exact) mass is 335 g/mol. The van der Waals surface area contributed by atoms with E-state index in [9.17, 15) is 9.59 Å². The minimum Gasteiger partial charge on any atom is -0.375 e. The molecule has 2 fully saturated rings. The third kappa shape index (κ3) is 3.95. The topological polar surface area (TPSA) is 75.9 Å². The molecule has 2 aliphatic rings. The van der Waals surface area contributed by atoms with Crippen molar-refractivity contribution in [1.29, 1.82) is 0 Å².